The summed E-state index contributed by atoms with van der Waals surface area (Å²) in [5, 5.41) is 11.0. The summed E-state index contributed by atoms with van der Waals surface area (Å²) in [7, 11) is 0. The van der Waals surface area contributed by atoms with Gasteiger partial charge in [-0.1, -0.05) is 98.3 Å². The molecule has 8 nitrogen and oxygen atoms in total. The first kappa shape index (κ1) is 29.4. The summed E-state index contributed by atoms with van der Waals surface area (Å²) in [5.41, 5.74) is 6.27. The zero-order valence-corrected chi connectivity index (χ0v) is 22.4. The number of amides is 1. The first-order valence-corrected chi connectivity index (χ1v) is 13.2. The van der Waals surface area contributed by atoms with Gasteiger partial charge in [0, 0.05) is 12.8 Å². The Morgan fingerprint density at radius 2 is 1.33 bits per heavy atom. The summed E-state index contributed by atoms with van der Waals surface area (Å²) in [5.74, 6) is -1.84. The van der Waals surface area contributed by atoms with E-state index in [0.717, 1.165) is 40.1 Å². The number of nitrogens with one attached hydrogen (secondary N) is 1. The van der Waals surface area contributed by atoms with Gasteiger partial charge in [0.1, 0.15) is 12.6 Å². The lowest BCUT2D eigenvalue weighted by molar-refractivity contribution is -0.152. The normalized spacial score (nSPS) is 12.3. The van der Waals surface area contributed by atoms with Gasteiger partial charge in [-0.05, 0) is 35.6 Å². The maximum atomic E-state index is 13.4. The second-order valence-electron chi connectivity index (χ2n) is 9.16. The molecule has 2 atom stereocenters. The van der Waals surface area contributed by atoms with Crippen LogP contribution in [0.2, 0.25) is 0 Å². The number of hydrogen-bond donors (Lipinski definition) is 2. The van der Waals surface area contributed by atoms with Crippen LogP contribution in [0.1, 0.15) is 42.5 Å². The minimum absolute atomic E-state index is 0.0463. The average molecular weight is 533 g/mol. The highest BCUT2D eigenvalue weighted by atomic mass is 16.6. The van der Waals surface area contributed by atoms with E-state index in [2.05, 4.69) is 12.3 Å². The fraction of sp³-hybridized carbons (Fsp3) is 0.323. The molecule has 39 heavy (non-hydrogen) atoms. The molecule has 0 radical (unpaired) electrons. The summed E-state index contributed by atoms with van der Waals surface area (Å²) in [6, 6.07) is 23.6. The molecule has 0 aliphatic carbocycles. The molecule has 0 aliphatic heterocycles. The molecule has 0 bridgehead atoms. The van der Waals surface area contributed by atoms with Gasteiger partial charge in [0.05, 0.1) is 6.61 Å². The SMILES string of the molecule is CCCc1ccc(C[C@H](NN(C(=O)OCc2ccccc2)[C@@H](Cc2ccccc2)C(=O)OCC)C(=O)O)cc1. The lowest BCUT2D eigenvalue weighted by Crippen LogP contribution is -2.59. The zero-order chi connectivity index (χ0) is 28.0. The number of carbonyl (C=O) groups excluding carboxylic acids is 2. The van der Waals surface area contributed by atoms with Gasteiger partial charge in [-0.3, -0.25) is 4.79 Å². The molecule has 8 heteroatoms. The number of carboxylic acid groups (broad SMARTS) is 1. The topological polar surface area (TPSA) is 105 Å². The molecule has 0 saturated heterocycles. The predicted octanol–water partition coefficient (Wildman–Crippen LogP) is 4.95. The van der Waals surface area contributed by atoms with Crippen LogP contribution in [0.25, 0.3) is 0 Å². The van der Waals surface area contributed by atoms with E-state index in [-0.39, 0.29) is 26.1 Å². The van der Waals surface area contributed by atoms with Crippen molar-refractivity contribution in [3.8, 4) is 0 Å². The standard InChI is InChI=1S/C31H36N2O6/c1-3-11-23-16-18-25(19-17-23)20-27(29(34)35)32-33(31(37)39-22-26-14-9-6-10-15-26)28(30(36)38-4-2)21-24-12-7-5-8-13-24/h5-10,12-19,27-28,32H,3-4,11,20-22H2,1-2H3,(H,34,35)/t27-,28-/m0/s1. The van der Waals surface area contributed by atoms with Crippen LogP contribution in [0.3, 0.4) is 0 Å². The monoisotopic (exact) mass is 532 g/mol. The Morgan fingerprint density at radius 1 is 0.769 bits per heavy atom. The molecule has 0 aromatic heterocycles. The van der Waals surface area contributed by atoms with Crippen LogP contribution in [0.15, 0.2) is 84.9 Å². The minimum Gasteiger partial charge on any atom is -0.480 e. The molecule has 0 unspecified atom stereocenters. The molecule has 0 heterocycles. The fourth-order valence-corrected chi connectivity index (χ4v) is 4.14. The van der Waals surface area contributed by atoms with Gasteiger partial charge in [0.15, 0.2) is 6.04 Å². The highest BCUT2D eigenvalue weighted by molar-refractivity contribution is 5.82. The van der Waals surface area contributed by atoms with E-state index in [4.69, 9.17) is 9.47 Å². The van der Waals surface area contributed by atoms with Crippen molar-refractivity contribution in [2.75, 3.05) is 6.61 Å². The van der Waals surface area contributed by atoms with Gasteiger partial charge in [-0.25, -0.2) is 20.0 Å². The second kappa shape index (κ2) is 15.3. The number of hydrogen-bond acceptors (Lipinski definition) is 6. The molecule has 0 spiro atoms. The van der Waals surface area contributed by atoms with E-state index in [1.807, 2.05) is 72.8 Å². The van der Waals surface area contributed by atoms with Gasteiger partial charge in [0.25, 0.3) is 0 Å². The first-order valence-electron chi connectivity index (χ1n) is 13.2. The molecule has 3 rings (SSSR count). The Hall–Kier alpha value is -4.17. The van der Waals surface area contributed by atoms with Crippen molar-refractivity contribution >= 4 is 18.0 Å². The van der Waals surface area contributed by atoms with Gasteiger partial charge < -0.3 is 14.6 Å². The second-order valence-corrected chi connectivity index (χ2v) is 9.16. The number of ether oxygens (including phenoxy) is 2. The summed E-state index contributed by atoms with van der Waals surface area (Å²) >= 11 is 0. The molecular formula is C31H36N2O6. The van der Waals surface area contributed by atoms with Crippen LogP contribution in [-0.4, -0.2) is 46.8 Å². The van der Waals surface area contributed by atoms with E-state index in [9.17, 15) is 19.5 Å². The number of aryl methyl sites for hydroxylation is 1. The van der Waals surface area contributed by atoms with Gasteiger partial charge in [-0.15, -0.1) is 0 Å². The van der Waals surface area contributed by atoms with E-state index < -0.39 is 30.1 Å². The Bertz CT molecular complexity index is 1180. The maximum absolute atomic E-state index is 13.4. The van der Waals surface area contributed by atoms with Crippen molar-refractivity contribution in [3.63, 3.8) is 0 Å². The number of carbonyl (C=O) groups is 3. The third kappa shape index (κ3) is 9.26. The van der Waals surface area contributed by atoms with E-state index in [1.165, 1.54) is 0 Å². The first-order chi connectivity index (χ1) is 18.9. The molecule has 1 amide bonds. The number of aliphatic carboxylic acids is 1. The highest BCUT2D eigenvalue weighted by Crippen LogP contribution is 2.15. The van der Waals surface area contributed by atoms with E-state index >= 15 is 0 Å². The van der Waals surface area contributed by atoms with Crippen LogP contribution in [0.4, 0.5) is 4.79 Å². The number of benzene rings is 3. The summed E-state index contributed by atoms with van der Waals surface area (Å²) in [6.07, 6.45) is 1.26. The summed E-state index contributed by atoms with van der Waals surface area (Å²) < 4.78 is 10.8. The van der Waals surface area contributed by atoms with Crippen LogP contribution < -0.4 is 5.43 Å². The molecule has 206 valence electrons. The maximum Gasteiger partial charge on any atom is 0.425 e. The van der Waals surface area contributed by atoms with Crippen molar-refractivity contribution < 1.29 is 29.0 Å². The van der Waals surface area contributed by atoms with E-state index in [1.54, 1.807) is 19.1 Å². The van der Waals surface area contributed by atoms with Crippen LogP contribution in [-0.2, 0) is 44.9 Å². The quantitative estimate of drug-likeness (QED) is 0.224. The summed E-state index contributed by atoms with van der Waals surface area (Å²) in [4.78, 5) is 38.9. The van der Waals surface area contributed by atoms with Crippen LogP contribution in [0, 0.1) is 0 Å². The molecule has 3 aromatic carbocycles. The fourth-order valence-electron chi connectivity index (χ4n) is 4.14. The van der Waals surface area contributed by atoms with Gasteiger partial charge in [-0.2, -0.15) is 0 Å². The lowest BCUT2D eigenvalue weighted by atomic mass is 10.0. The Kier molecular flexibility index (Phi) is 11.5. The molecule has 0 fully saturated rings. The zero-order valence-electron chi connectivity index (χ0n) is 22.4. The Labute approximate surface area is 229 Å². The third-order valence-electron chi connectivity index (χ3n) is 6.14. The largest absolute Gasteiger partial charge is 0.480 e. The van der Waals surface area contributed by atoms with Crippen molar-refractivity contribution in [3.05, 3.63) is 107 Å². The van der Waals surface area contributed by atoms with Crippen LogP contribution >= 0.6 is 0 Å². The van der Waals surface area contributed by atoms with Gasteiger partial charge in [0.2, 0.25) is 0 Å². The number of rotatable bonds is 14. The smallest absolute Gasteiger partial charge is 0.425 e. The van der Waals surface area contributed by atoms with Crippen molar-refractivity contribution in [2.45, 2.75) is 58.2 Å². The van der Waals surface area contributed by atoms with Crippen molar-refractivity contribution in [1.82, 2.24) is 10.4 Å². The average Bonchev–Trinajstić information content (AvgIpc) is 2.95. The minimum atomic E-state index is -1.21. The molecule has 0 aliphatic rings. The molecule has 0 saturated carbocycles. The Balaban J connectivity index is 1.89. The van der Waals surface area contributed by atoms with Gasteiger partial charge >= 0.3 is 18.0 Å². The Morgan fingerprint density at radius 3 is 1.90 bits per heavy atom. The summed E-state index contributed by atoms with van der Waals surface area (Å²) in [6.45, 7) is 3.82. The highest BCUT2D eigenvalue weighted by Gasteiger charge is 2.36. The van der Waals surface area contributed by atoms with E-state index in [0.29, 0.717) is 0 Å². The molecule has 3 aromatic rings. The number of carboxylic acids is 1. The number of nitrogens with zero attached hydrogens (tertiary/aromatic N) is 1. The lowest BCUT2D eigenvalue weighted by Gasteiger charge is -2.32. The van der Waals surface area contributed by atoms with Crippen LogP contribution in [0.5, 0.6) is 0 Å². The number of esters is 1. The predicted molar refractivity (Wildman–Crippen MR) is 148 cm³/mol. The van der Waals surface area contributed by atoms with Crippen molar-refractivity contribution in [2.24, 2.45) is 0 Å². The molecule has 2 N–H and O–H groups in total. The number of hydrazine groups is 1. The van der Waals surface area contributed by atoms with Crippen molar-refractivity contribution in [1.29, 1.82) is 0 Å². The third-order valence-corrected chi connectivity index (χ3v) is 6.14. The molecular weight excluding hydrogens is 496 g/mol.